The normalized spacial score (nSPS) is 11.1. The first-order valence-electron chi connectivity index (χ1n) is 3.89. The van der Waals surface area contributed by atoms with Crippen molar-refractivity contribution in [2.45, 2.75) is 6.92 Å². The van der Waals surface area contributed by atoms with E-state index in [9.17, 15) is 4.79 Å². The highest BCUT2D eigenvalue weighted by atomic mass is 35.5. The minimum Gasteiger partial charge on any atom is -0.476 e. The molecule has 0 bridgehead atoms. The molecule has 0 spiro atoms. The smallest absolute Gasteiger partial charge is 0.368 e. The van der Waals surface area contributed by atoms with E-state index in [2.05, 4.69) is 10.5 Å². The topological polar surface area (TPSA) is 61.7 Å². The fourth-order valence-electron chi connectivity index (χ4n) is 0.876. The number of halogens is 1. The predicted octanol–water partition coefficient (Wildman–Crippen LogP) is 2.04. The molecular weight excluding hydrogens is 204 g/mol. The van der Waals surface area contributed by atoms with Crippen molar-refractivity contribution in [2.75, 3.05) is 5.43 Å². The van der Waals surface area contributed by atoms with Gasteiger partial charge in [-0.2, -0.15) is 5.10 Å². The molecule has 0 saturated heterocycles. The summed E-state index contributed by atoms with van der Waals surface area (Å²) in [5.74, 6) is -1.26. The molecule has 1 rings (SSSR count). The summed E-state index contributed by atoms with van der Waals surface area (Å²) in [7, 11) is 0. The third-order valence-corrected chi connectivity index (χ3v) is 1.72. The number of hydrogen-bond donors (Lipinski definition) is 2. The Balaban J connectivity index is 2.71. The first-order chi connectivity index (χ1) is 6.59. The van der Waals surface area contributed by atoms with Crippen LogP contribution in [0, 0.1) is 6.92 Å². The molecular formula is C9H9ClN2O2. The minimum absolute atomic E-state index is 0.494. The summed E-state index contributed by atoms with van der Waals surface area (Å²) in [6.45, 7) is 1.92. The summed E-state index contributed by atoms with van der Waals surface area (Å²) in [6, 6.07) is 7.35. The first-order valence-corrected chi connectivity index (χ1v) is 4.26. The molecule has 0 atom stereocenters. The van der Waals surface area contributed by atoms with Gasteiger partial charge in [-0.3, -0.25) is 5.43 Å². The molecule has 1 aromatic rings. The zero-order valence-corrected chi connectivity index (χ0v) is 8.25. The van der Waals surface area contributed by atoms with Gasteiger partial charge in [-0.05, 0) is 24.6 Å². The molecule has 2 N–H and O–H groups in total. The van der Waals surface area contributed by atoms with Gasteiger partial charge >= 0.3 is 5.97 Å². The number of hydrogen-bond acceptors (Lipinski definition) is 3. The van der Waals surface area contributed by atoms with Crippen LogP contribution in [0.4, 0.5) is 5.69 Å². The highest BCUT2D eigenvalue weighted by molar-refractivity contribution is 6.81. The SMILES string of the molecule is Cc1cccc(N/N=C(\Cl)C(=O)O)c1. The number of carbonyl (C=O) groups is 1. The number of anilines is 1. The lowest BCUT2D eigenvalue weighted by atomic mass is 10.2. The number of hydrazone groups is 1. The molecule has 14 heavy (non-hydrogen) atoms. The minimum atomic E-state index is -1.26. The van der Waals surface area contributed by atoms with E-state index in [4.69, 9.17) is 16.7 Å². The maximum atomic E-state index is 10.3. The maximum Gasteiger partial charge on any atom is 0.368 e. The van der Waals surface area contributed by atoms with Crippen LogP contribution in [0.15, 0.2) is 29.4 Å². The molecule has 0 amide bonds. The number of rotatable bonds is 3. The Hall–Kier alpha value is -1.55. The Kier molecular flexibility index (Phi) is 3.48. The molecule has 0 radical (unpaired) electrons. The van der Waals surface area contributed by atoms with Crippen LogP contribution in [0.25, 0.3) is 0 Å². The van der Waals surface area contributed by atoms with E-state index in [1.807, 2.05) is 25.1 Å². The third-order valence-electron chi connectivity index (χ3n) is 1.48. The summed E-state index contributed by atoms with van der Waals surface area (Å²) < 4.78 is 0. The van der Waals surface area contributed by atoms with Gasteiger partial charge in [-0.25, -0.2) is 4.79 Å². The number of nitrogens with zero attached hydrogens (tertiary/aromatic N) is 1. The maximum absolute atomic E-state index is 10.3. The van der Waals surface area contributed by atoms with E-state index in [0.717, 1.165) is 5.56 Å². The molecule has 0 aliphatic carbocycles. The number of carboxylic acid groups (broad SMARTS) is 1. The Bertz CT molecular complexity index is 377. The molecule has 0 unspecified atom stereocenters. The quantitative estimate of drug-likeness (QED) is 0.596. The fraction of sp³-hybridized carbons (Fsp3) is 0.111. The van der Waals surface area contributed by atoms with Crippen LogP contribution in [0.3, 0.4) is 0 Å². The number of benzene rings is 1. The molecule has 0 aliphatic heterocycles. The van der Waals surface area contributed by atoms with Gasteiger partial charge in [0.25, 0.3) is 0 Å². The van der Waals surface area contributed by atoms with Crippen LogP contribution in [0.1, 0.15) is 5.56 Å². The first kappa shape index (κ1) is 10.5. The monoisotopic (exact) mass is 212 g/mol. The lowest BCUT2D eigenvalue weighted by Crippen LogP contribution is -2.07. The third kappa shape index (κ3) is 3.06. The van der Waals surface area contributed by atoms with Crippen LogP contribution in [-0.4, -0.2) is 16.2 Å². The van der Waals surface area contributed by atoms with E-state index in [-0.39, 0.29) is 0 Å². The summed E-state index contributed by atoms with van der Waals surface area (Å²) in [5.41, 5.74) is 4.29. The van der Waals surface area contributed by atoms with Gasteiger partial charge in [0, 0.05) is 0 Å². The molecule has 74 valence electrons. The molecule has 4 nitrogen and oxygen atoms in total. The van der Waals surface area contributed by atoms with Crippen molar-refractivity contribution >= 4 is 28.4 Å². The Morgan fingerprint density at radius 3 is 2.86 bits per heavy atom. The van der Waals surface area contributed by atoms with Gasteiger partial charge < -0.3 is 5.11 Å². The van der Waals surface area contributed by atoms with Gasteiger partial charge in [0.1, 0.15) is 0 Å². The Labute approximate surface area is 86.2 Å². The van der Waals surface area contributed by atoms with Crippen molar-refractivity contribution in [3.63, 3.8) is 0 Å². The second-order valence-corrected chi connectivity index (χ2v) is 3.05. The predicted molar refractivity (Wildman–Crippen MR) is 55.7 cm³/mol. The van der Waals surface area contributed by atoms with Gasteiger partial charge in [0.15, 0.2) is 0 Å². The van der Waals surface area contributed by atoms with Crippen molar-refractivity contribution in [3.05, 3.63) is 29.8 Å². The second kappa shape index (κ2) is 4.62. The van der Waals surface area contributed by atoms with Gasteiger partial charge in [-0.1, -0.05) is 23.7 Å². The number of nitrogens with one attached hydrogen (secondary N) is 1. The van der Waals surface area contributed by atoms with Crippen LogP contribution in [0.2, 0.25) is 0 Å². The molecule has 0 saturated carbocycles. The summed E-state index contributed by atoms with van der Waals surface area (Å²) in [5, 5.41) is 11.4. The van der Waals surface area contributed by atoms with Crippen LogP contribution < -0.4 is 5.43 Å². The molecule has 1 aromatic carbocycles. The highest BCUT2D eigenvalue weighted by Gasteiger charge is 2.03. The standard InChI is InChI=1S/C9H9ClN2O2/c1-6-3-2-4-7(5-6)11-12-8(10)9(13)14/h2-5,11H,1H3,(H,13,14)/b12-8-. The molecule has 0 fully saturated rings. The van der Waals surface area contributed by atoms with E-state index in [1.54, 1.807) is 6.07 Å². The van der Waals surface area contributed by atoms with Crippen molar-refractivity contribution < 1.29 is 9.90 Å². The fourth-order valence-corrected chi connectivity index (χ4v) is 0.918. The Morgan fingerprint density at radius 2 is 2.29 bits per heavy atom. The molecule has 5 heteroatoms. The number of aliphatic carboxylic acids is 1. The zero-order valence-electron chi connectivity index (χ0n) is 7.49. The summed E-state index contributed by atoms with van der Waals surface area (Å²) >= 11 is 5.29. The lowest BCUT2D eigenvalue weighted by molar-refractivity contribution is -0.129. The van der Waals surface area contributed by atoms with Gasteiger partial charge in [-0.15, -0.1) is 0 Å². The largest absolute Gasteiger partial charge is 0.476 e. The molecule has 0 aliphatic rings. The van der Waals surface area contributed by atoms with Crippen molar-refractivity contribution in [2.24, 2.45) is 5.10 Å². The van der Waals surface area contributed by atoms with Crippen molar-refractivity contribution in [1.82, 2.24) is 0 Å². The second-order valence-electron chi connectivity index (χ2n) is 2.69. The average Bonchev–Trinajstić information content (AvgIpc) is 2.14. The Morgan fingerprint density at radius 1 is 1.57 bits per heavy atom. The van der Waals surface area contributed by atoms with Crippen LogP contribution >= 0.6 is 11.6 Å². The summed E-state index contributed by atoms with van der Waals surface area (Å²) in [4.78, 5) is 10.3. The molecule has 0 heterocycles. The van der Waals surface area contributed by atoms with E-state index >= 15 is 0 Å². The van der Waals surface area contributed by atoms with Crippen LogP contribution in [0.5, 0.6) is 0 Å². The number of carboxylic acids is 1. The number of aryl methyl sites for hydroxylation is 1. The van der Waals surface area contributed by atoms with Crippen molar-refractivity contribution in [1.29, 1.82) is 0 Å². The average molecular weight is 213 g/mol. The van der Waals surface area contributed by atoms with Gasteiger partial charge in [0.2, 0.25) is 5.17 Å². The van der Waals surface area contributed by atoms with Gasteiger partial charge in [0.05, 0.1) is 5.69 Å². The van der Waals surface area contributed by atoms with Crippen LogP contribution in [-0.2, 0) is 4.79 Å². The van der Waals surface area contributed by atoms with E-state index < -0.39 is 11.1 Å². The lowest BCUT2D eigenvalue weighted by Gasteiger charge is -2.00. The zero-order chi connectivity index (χ0) is 10.6. The van der Waals surface area contributed by atoms with Crippen molar-refractivity contribution in [3.8, 4) is 0 Å². The summed E-state index contributed by atoms with van der Waals surface area (Å²) in [6.07, 6.45) is 0. The van der Waals surface area contributed by atoms with E-state index in [0.29, 0.717) is 5.69 Å². The molecule has 0 aromatic heterocycles. The highest BCUT2D eigenvalue weighted by Crippen LogP contribution is 2.09. The van der Waals surface area contributed by atoms with E-state index in [1.165, 1.54) is 0 Å².